The van der Waals surface area contributed by atoms with E-state index in [1.54, 1.807) is 48.3 Å². The summed E-state index contributed by atoms with van der Waals surface area (Å²) in [5.41, 5.74) is 0.737. The molecule has 0 atom stereocenters. The minimum Gasteiger partial charge on any atom is -0.344 e. The van der Waals surface area contributed by atoms with Gasteiger partial charge in [0.2, 0.25) is 5.91 Å². The minimum atomic E-state index is -0.566. The van der Waals surface area contributed by atoms with Gasteiger partial charge < -0.3 is 4.90 Å². The van der Waals surface area contributed by atoms with Gasteiger partial charge in [-0.15, -0.1) is 0 Å². The third-order valence-corrected chi connectivity index (χ3v) is 4.88. The maximum Gasteiger partial charge on any atom is 0.336 e. The molecule has 0 N–H and O–H groups in total. The van der Waals surface area contributed by atoms with Gasteiger partial charge >= 0.3 is 5.69 Å². The highest BCUT2D eigenvalue weighted by Crippen LogP contribution is 2.17. The molecule has 0 radical (unpaired) electrons. The van der Waals surface area contributed by atoms with Gasteiger partial charge in [0.25, 0.3) is 5.56 Å². The van der Waals surface area contributed by atoms with Crippen LogP contribution in [0.15, 0.2) is 52.1 Å². The molecule has 1 heterocycles. The topological polar surface area (TPSA) is 64.3 Å². The second kappa shape index (κ2) is 8.02. The molecule has 0 spiro atoms. The molecule has 7 heteroatoms. The van der Waals surface area contributed by atoms with E-state index in [-0.39, 0.29) is 12.5 Å². The third kappa shape index (κ3) is 3.73. The summed E-state index contributed by atoms with van der Waals surface area (Å²) in [7, 11) is 1.70. The third-order valence-electron chi connectivity index (χ3n) is 4.64. The van der Waals surface area contributed by atoms with Crippen LogP contribution in [0.1, 0.15) is 18.9 Å². The molecule has 6 nitrogen and oxygen atoms in total. The molecule has 3 aromatic rings. The first-order valence-corrected chi connectivity index (χ1v) is 9.47. The second-order valence-corrected chi connectivity index (χ2v) is 7.26. The Hall–Kier alpha value is -2.86. The molecule has 0 saturated heterocycles. The predicted molar refractivity (Wildman–Crippen MR) is 111 cm³/mol. The van der Waals surface area contributed by atoms with Crippen molar-refractivity contribution in [1.29, 1.82) is 0 Å². The SMILES string of the molecule is CCCN(C)C(=O)Cn1c(=O)n(-c2cccc(C)c2)c(=O)c2ccc(Cl)cc21. The van der Waals surface area contributed by atoms with E-state index in [0.29, 0.717) is 28.2 Å². The van der Waals surface area contributed by atoms with Crippen LogP contribution in [0.2, 0.25) is 5.02 Å². The highest BCUT2D eigenvalue weighted by atomic mass is 35.5. The summed E-state index contributed by atoms with van der Waals surface area (Å²) >= 11 is 6.10. The molecule has 2 aromatic carbocycles. The zero-order valence-electron chi connectivity index (χ0n) is 16.1. The number of carbonyl (C=O) groups excluding carboxylic acids is 1. The van der Waals surface area contributed by atoms with Gasteiger partial charge in [0.05, 0.1) is 16.6 Å². The maximum atomic E-state index is 13.3. The molecule has 3 rings (SSSR count). The van der Waals surface area contributed by atoms with Crippen LogP contribution in [0.4, 0.5) is 0 Å². The molecule has 0 fully saturated rings. The van der Waals surface area contributed by atoms with Crippen molar-refractivity contribution in [2.75, 3.05) is 13.6 Å². The van der Waals surface area contributed by atoms with Crippen LogP contribution in [0, 0.1) is 6.92 Å². The average Bonchev–Trinajstić information content (AvgIpc) is 2.65. The first-order chi connectivity index (χ1) is 13.3. The smallest absolute Gasteiger partial charge is 0.336 e. The fourth-order valence-corrected chi connectivity index (χ4v) is 3.37. The number of hydrogen-bond acceptors (Lipinski definition) is 3. The summed E-state index contributed by atoms with van der Waals surface area (Å²) in [5, 5.41) is 0.721. The van der Waals surface area contributed by atoms with Gasteiger partial charge in [0.15, 0.2) is 0 Å². The number of nitrogens with zero attached hydrogens (tertiary/aromatic N) is 3. The largest absolute Gasteiger partial charge is 0.344 e. The van der Waals surface area contributed by atoms with E-state index >= 15 is 0 Å². The van der Waals surface area contributed by atoms with E-state index < -0.39 is 11.2 Å². The number of carbonyl (C=O) groups is 1. The zero-order valence-corrected chi connectivity index (χ0v) is 16.9. The first kappa shape index (κ1) is 19.9. The van der Waals surface area contributed by atoms with Gasteiger partial charge in [-0.2, -0.15) is 0 Å². The highest BCUT2D eigenvalue weighted by Gasteiger charge is 2.18. The number of rotatable bonds is 5. The van der Waals surface area contributed by atoms with Crippen LogP contribution in [-0.2, 0) is 11.3 Å². The normalized spacial score (nSPS) is 11.0. The maximum absolute atomic E-state index is 13.3. The summed E-state index contributed by atoms with van der Waals surface area (Å²) in [4.78, 5) is 40.5. The van der Waals surface area contributed by atoms with Gasteiger partial charge in [-0.3, -0.25) is 14.2 Å². The lowest BCUT2D eigenvalue weighted by Gasteiger charge is -2.19. The van der Waals surface area contributed by atoms with Crippen LogP contribution in [-0.4, -0.2) is 33.5 Å². The number of aryl methyl sites for hydroxylation is 1. The van der Waals surface area contributed by atoms with Crippen LogP contribution >= 0.6 is 11.6 Å². The number of likely N-dealkylation sites (N-methyl/N-ethyl adjacent to an activating group) is 1. The van der Waals surface area contributed by atoms with Crippen molar-refractivity contribution in [2.45, 2.75) is 26.8 Å². The Bertz CT molecular complexity index is 1160. The molecule has 0 aliphatic rings. The van der Waals surface area contributed by atoms with E-state index in [9.17, 15) is 14.4 Å². The number of halogens is 1. The van der Waals surface area contributed by atoms with Crippen molar-refractivity contribution in [3.63, 3.8) is 0 Å². The molecule has 0 aliphatic carbocycles. The quantitative estimate of drug-likeness (QED) is 0.662. The number of fused-ring (bicyclic) bond motifs is 1. The number of amides is 1. The predicted octanol–water partition coefficient (Wildman–Crippen LogP) is 2.98. The lowest BCUT2D eigenvalue weighted by molar-refractivity contribution is -0.130. The van der Waals surface area contributed by atoms with Gasteiger partial charge in [-0.1, -0.05) is 30.7 Å². The van der Waals surface area contributed by atoms with Crippen molar-refractivity contribution < 1.29 is 4.79 Å². The second-order valence-electron chi connectivity index (χ2n) is 6.83. The summed E-state index contributed by atoms with van der Waals surface area (Å²) < 4.78 is 2.43. The lowest BCUT2D eigenvalue weighted by atomic mass is 10.2. The fraction of sp³-hybridized carbons (Fsp3) is 0.286. The van der Waals surface area contributed by atoms with Crippen LogP contribution in [0.3, 0.4) is 0 Å². The first-order valence-electron chi connectivity index (χ1n) is 9.09. The van der Waals surface area contributed by atoms with Crippen LogP contribution < -0.4 is 11.2 Å². The molecule has 0 bridgehead atoms. The Labute approximate surface area is 167 Å². The Morgan fingerprint density at radius 3 is 2.57 bits per heavy atom. The monoisotopic (exact) mass is 399 g/mol. The highest BCUT2D eigenvalue weighted by molar-refractivity contribution is 6.31. The van der Waals surface area contributed by atoms with Crippen LogP contribution in [0.25, 0.3) is 16.6 Å². The van der Waals surface area contributed by atoms with Crippen molar-refractivity contribution in [2.24, 2.45) is 0 Å². The summed E-state index contributed by atoms with van der Waals surface area (Å²) in [6, 6.07) is 11.9. The molecule has 1 aromatic heterocycles. The fourth-order valence-electron chi connectivity index (χ4n) is 3.20. The molecule has 0 aliphatic heterocycles. The Morgan fingerprint density at radius 2 is 1.89 bits per heavy atom. The lowest BCUT2D eigenvalue weighted by Crippen LogP contribution is -2.42. The van der Waals surface area contributed by atoms with E-state index in [0.717, 1.165) is 16.6 Å². The zero-order chi connectivity index (χ0) is 20.4. The molecule has 0 unspecified atom stereocenters. The molecule has 1 amide bonds. The standard InChI is InChI=1S/C21H22ClN3O3/c1-4-10-23(3)19(26)13-24-18-12-15(22)8-9-17(18)20(27)25(21(24)28)16-7-5-6-14(2)11-16/h5-9,11-12H,4,10,13H2,1-3H3. The minimum absolute atomic E-state index is 0.168. The van der Waals surface area contributed by atoms with Gasteiger partial charge in [0.1, 0.15) is 6.54 Å². The molecule has 0 saturated carbocycles. The number of aromatic nitrogens is 2. The summed E-state index contributed by atoms with van der Waals surface area (Å²) in [6.07, 6.45) is 0.812. The number of hydrogen-bond donors (Lipinski definition) is 0. The summed E-state index contributed by atoms with van der Waals surface area (Å²) in [5.74, 6) is -0.209. The van der Waals surface area contributed by atoms with E-state index in [2.05, 4.69) is 0 Å². The van der Waals surface area contributed by atoms with E-state index in [4.69, 9.17) is 11.6 Å². The average molecular weight is 400 g/mol. The molecule has 146 valence electrons. The van der Waals surface area contributed by atoms with Crippen molar-refractivity contribution in [1.82, 2.24) is 14.0 Å². The Kier molecular flexibility index (Phi) is 5.70. The molecule has 28 heavy (non-hydrogen) atoms. The van der Waals surface area contributed by atoms with Gasteiger partial charge in [-0.05, 0) is 49.2 Å². The van der Waals surface area contributed by atoms with Gasteiger partial charge in [0, 0.05) is 18.6 Å². The Morgan fingerprint density at radius 1 is 1.14 bits per heavy atom. The Balaban J connectivity index is 2.29. The number of benzene rings is 2. The van der Waals surface area contributed by atoms with Crippen LogP contribution in [0.5, 0.6) is 0 Å². The van der Waals surface area contributed by atoms with Crippen molar-refractivity contribution >= 4 is 28.4 Å². The van der Waals surface area contributed by atoms with E-state index in [1.165, 1.54) is 4.57 Å². The van der Waals surface area contributed by atoms with Crippen molar-refractivity contribution in [3.05, 3.63) is 73.9 Å². The van der Waals surface area contributed by atoms with E-state index in [1.807, 2.05) is 19.9 Å². The van der Waals surface area contributed by atoms with Gasteiger partial charge in [-0.25, -0.2) is 9.36 Å². The molecular weight excluding hydrogens is 378 g/mol. The van der Waals surface area contributed by atoms with Crippen molar-refractivity contribution in [3.8, 4) is 5.69 Å². The molecular formula is C21H22ClN3O3. The summed E-state index contributed by atoms with van der Waals surface area (Å²) in [6.45, 7) is 4.28.